The van der Waals surface area contributed by atoms with Crippen LogP contribution in [-0.2, 0) is 4.74 Å². The van der Waals surface area contributed by atoms with Crippen LogP contribution in [0.15, 0.2) is 29.4 Å². The summed E-state index contributed by atoms with van der Waals surface area (Å²) >= 11 is 0. The Morgan fingerprint density at radius 1 is 1.40 bits per heavy atom. The summed E-state index contributed by atoms with van der Waals surface area (Å²) in [5, 5.41) is 0. The number of allylic oxidation sites excluding steroid dienone is 2. The predicted octanol–water partition coefficient (Wildman–Crippen LogP) is 1.89. The fraction of sp³-hybridized carbons (Fsp3) is 0.375. The van der Waals surface area contributed by atoms with Gasteiger partial charge < -0.3 is 4.74 Å². The molecule has 1 rings (SSSR count). The third-order valence-electron chi connectivity index (χ3n) is 1.29. The molecule has 54 valence electrons. The van der Waals surface area contributed by atoms with Gasteiger partial charge in [0.2, 0.25) is 0 Å². The van der Waals surface area contributed by atoms with Gasteiger partial charge >= 0.3 is 0 Å². The van der Waals surface area contributed by atoms with Crippen molar-refractivity contribution in [2.24, 2.45) is 4.99 Å². The van der Waals surface area contributed by atoms with Crippen molar-refractivity contribution in [3.63, 3.8) is 0 Å². The number of aliphatic imine (C=N–C) groups is 1. The van der Waals surface area contributed by atoms with Crippen LogP contribution in [0.3, 0.4) is 0 Å². The minimum atomic E-state index is 0.771. The molecule has 0 unspecified atom stereocenters. The number of nitrogens with zero attached hydrogens (tertiary/aromatic N) is 1. The maximum absolute atomic E-state index is 4.97. The molecular formula is C8H11NO. The summed E-state index contributed by atoms with van der Waals surface area (Å²) in [5.74, 6) is 0.771. The number of hydrogen-bond donors (Lipinski definition) is 0. The Morgan fingerprint density at radius 3 is 3.10 bits per heavy atom. The Kier molecular flexibility index (Phi) is 2.74. The summed E-state index contributed by atoms with van der Waals surface area (Å²) in [6, 6.07) is 0. The molecule has 10 heavy (non-hydrogen) atoms. The van der Waals surface area contributed by atoms with E-state index in [0.29, 0.717) is 0 Å². The van der Waals surface area contributed by atoms with E-state index < -0.39 is 0 Å². The summed E-state index contributed by atoms with van der Waals surface area (Å²) in [5.41, 5.74) is 0. The first-order valence-corrected chi connectivity index (χ1v) is 3.34. The van der Waals surface area contributed by atoms with Crippen molar-refractivity contribution >= 4 is 5.90 Å². The maximum Gasteiger partial charge on any atom is 0.191 e. The molecule has 0 aromatic heterocycles. The van der Waals surface area contributed by atoms with Gasteiger partial charge in [-0.2, -0.15) is 0 Å². The lowest BCUT2D eigenvalue weighted by Crippen LogP contribution is -1.98. The van der Waals surface area contributed by atoms with Crippen molar-refractivity contribution in [1.82, 2.24) is 0 Å². The molecule has 0 radical (unpaired) electrons. The molecule has 0 saturated carbocycles. The molecule has 0 aromatic carbocycles. The topological polar surface area (TPSA) is 21.6 Å². The van der Waals surface area contributed by atoms with E-state index in [1.54, 1.807) is 13.3 Å². The Balaban J connectivity index is 2.62. The van der Waals surface area contributed by atoms with Crippen molar-refractivity contribution in [1.29, 1.82) is 0 Å². The highest BCUT2D eigenvalue weighted by molar-refractivity contribution is 5.78. The summed E-state index contributed by atoms with van der Waals surface area (Å²) < 4.78 is 4.97. The number of ether oxygens (including phenoxy) is 1. The quantitative estimate of drug-likeness (QED) is 0.467. The molecule has 1 heterocycles. The standard InChI is InChI=1S/C8H11NO/c1-10-8-6-4-2-3-5-7-9-8/h2,4-5,7H,3,6H2,1H3/b4-2-,7-5-,9-8?. The molecule has 0 aromatic rings. The summed E-state index contributed by atoms with van der Waals surface area (Å²) in [7, 11) is 1.64. The van der Waals surface area contributed by atoms with Crippen molar-refractivity contribution in [3.8, 4) is 0 Å². The minimum absolute atomic E-state index is 0.771. The highest BCUT2D eigenvalue weighted by atomic mass is 16.5. The van der Waals surface area contributed by atoms with Gasteiger partial charge in [-0.1, -0.05) is 18.2 Å². The molecule has 0 amide bonds. The molecule has 2 nitrogen and oxygen atoms in total. The van der Waals surface area contributed by atoms with Gasteiger partial charge in [0.05, 0.1) is 7.11 Å². The van der Waals surface area contributed by atoms with Gasteiger partial charge in [-0.05, 0) is 6.42 Å². The lowest BCUT2D eigenvalue weighted by Gasteiger charge is -2.00. The van der Waals surface area contributed by atoms with Gasteiger partial charge in [-0.25, -0.2) is 4.99 Å². The van der Waals surface area contributed by atoms with E-state index in [1.165, 1.54) is 0 Å². The van der Waals surface area contributed by atoms with Crippen LogP contribution in [0.1, 0.15) is 12.8 Å². The first-order chi connectivity index (χ1) is 4.93. The molecule has 0 aliphatic carbocycles. The highest BCUT2D eigenvalue weighted by Gasteiger charge is 1.92. The number of methoxy groups -OCH3 is 1. The largest absolute Gasteiger partial charge is 0.484 e. The lowest BCUT2D eigenvalue weighted by atomic mass is 10.3. The fourth-order valence-electron chi connectivity index (χ4n) is 0.744. The van der Waals surface area contributed by atoms with E-state index in [-0.39, 0.29) is 0 Å². The van der Waals surface area contributed by atoms with Crippen LogP contribution in [-0.4, -0.2) is 13.0 Å². The number of rotatable bonds is 0. The molecule has 1 aliphatic rings. The summed E-state index contributed by atoms with van der Waals surface area (Å²) in [6.45, 7) is 0. The Labute approximate surface area is 60.9 Å². The van der Waals surface area contributed by atoms with Crippen LogP contribution in [0.2, 0.25) is 0 Å². The highest BCUT2D eigenvalue weighted by Crippen LogP contribution is 1.98. The Hall–Kier alpha value is -1.05. The van der Waals surface area contributed by atoms with E-state index in [9.17, 15) is 0 Å². The fourth-order valence-corrected chi connectivity index (χ4v) is 0.744. The van der Waals surface area contributed by atoms with E-state index in [1.807, 2.05) is 6.08 Å². The average molecular weight is 137 g/mol. The summed E-state index contributed by atoms with van der Waals surface area (Å²) in [6.07, 6.45) is 9.72. The molecular weight excluding hydrogens is 126 g/mol. The second-order valence-electron chi connectivity index (χ2n) is 2.02. The first kappa shape index (κ1) is 7.06. The second kappa shape index (κ2) is 3.88. The SMILES string of the molecule is COC1=N/C=C\C/C=C\C1. The van der Waals surface area contributed by atoms with Gasteiger partial charge in [0, 0.05) is 12.6 Å². The van der Waals surface area contributed by atoms with E-state index in [4.69, 9.17) is 4.74 Å². The predicted molar refractivity (Wildman–Crippen MR) is 42.0 cm³/mol. The zero-order valence-electron chi connectivity index (χ0n) is 6.08. The average Bonchev–Trinajstić information content (AvgIpc) is 1.87. The molecule has 0 atom stereocenters. The van der Waals surface area contributed by atoms with Crippen molar-refractivity contribution in [2.45, 2.75) is 12.8 Å². The van der Waals surface area contributed by atoms with Crippen molar-refractivity contribution in [3.05, 3.63) is 24.4 Å². The zero-order valence-corrected chi connectivity index (χ0v) is 6.08. The van der Waals surface area contributed by atoms with Crippen LogP contribution in [0.5, 0.6) is 0 Å². The van der Waals surface area contributed by atoms with Gasteiger partial charge in [0.25, 0.3) is 0 Å². The third kappa shape index (κ3) is 2.05. The van der Waals surface area contributed by atoms with E-state index >= 15 is 0 Å². The normalized spacial score (nSPS) is 23.9. The number of hydrogen-bond acceptors (Lipinski definition) is 2. The Morgan fingerprint density at radius 2 is 2.30 bits per heavy atom. The molecule has 0 N–H and O–H groups in total. The third-order valence-corrected chi connectivity index (χ3v) is 1.29. The molecule has 2 heteroatoms. The molecule has 0 bridgehead atoms. The molecule has 1 aliphatic heterocycles. The molecule has 0 spiro atoms. The zero-order chi connectivity index (χ0) is 7.23. The Bertz CT molecular complexity index is 180. The first-order valence-electron chi connectivity index (χ1n) is 3.34. The van der Waals surface area contributed by atoms with Gasteiger partial charge in [-0.15, -0.1) is 0 Å². The summed E-state index contributed by atoms with van der Waals surface area (Å²) in [4.78, 5) is 4.06. The second-order valence-corrected chi connectivity index (χ2v) is 2.02. The lowest BCUT2D eigenvalue weighted by molar-refractivity contribution is 0.395. The van der Waals surface area contributed by atoms with Crippen molar-refractivity contribution in [2.75, 3.05) is 7.11 Å². The van der Waals surface area contributed by atoms with Crippen LogP contribution in [0, 0.1) is 0 Å². The van der Waals surface area contributed by atoms with Crippen LogP contribution in [0.25, 0.3) is 0 Å². The smallest absolute Gasteiger partial charge is 0.191 e. The van der Waals surface area contributed by atoms with Crippen LogP contribution >= 0.6 is 0 Å². The van der Waals surface area contributed by atoms with Gasteiger partial charge in [-0.3, -0.25) is 0 Å². The van der Waals surface area contributed by atoms with Crippen LogP contribution < -0.4 is 0 Å². The minimum Gasteiger partial charge on any atom is -0.484 e. The van der Waals surface area contributed by atoms with E-state index in [0.717, 1.165) is 18.7 Å². The molecule has 0 saturated heterocycles. The van der Waals surface area contributed by atoms with Gasteiger partial charge in [0.15, 0.2) is 5.90 Å². The van der Waals surface area contributed by atoms with Crippen molar-refractivity contribution < 1.29 is 4.74 Å². The maximum atomic E-state index is 4.97. The molecule has 0 fully saturated rings. The van der Waals surface area contributed by atoms with Gasteiger partial charge in [0.1, 0.15) is 0 Å². The monoisotopic (exact) mass is 137 g/mol. The van der Waals surface area contributed by atoms with Crippen LogP contribution in [0.4, 0.5) is 0 Å². The van der Waals surface area contributed by atoms with E-state index in [2.05, 4.69) is 17.1 Å².